The van der Waals surface area contributed by atoms with Gasteiger partial charge in [-0.3, -0.25) is 4.98 Å². The van der Waals surface area contributed by atoms with Gasteiger partial charge in [0.2, 0.25) is 0 Å². The van der Waals surface area contributed by atoms with Crippen LogP contribution in [-0.4, -0.2) is 18.2 Å². The summed E-state index contributed by atoms with van der Waals surface area (Å²) in [5, 5.41) is 9.37. The molecule has 3 atom stereocenters. The summed E-state index contributed by atoms with van der Waals surface area (Å²) in [4.78, 5) is 4.34. The van der Waals surface area contributed by atoms with Gasteiger partial charge >= 0.3 is 0 Å². The van der Waals surface area contributed by atoms with Crippen LogP contribution in [0.5, 0.6) is 0 Å². The number of nitriles is 1. The number of rotatable bonds is 1. The molecule has 0 radical (unpaired) electrons. The molecule has 1 saturated carbocycles. The van der Waals surface area contributed by atoms with Gasteiger partial charge in [-0.25, -0.2) is 0 Å². The van der Waals surface area contributed by atoms with Gasteiger partial charge in [-0.2, -0.15) is 5.26 Å². The summed E-state index contributed by atoms with van der Waals surface area (Å²) in [5.74, 6) is 0.683. The zero-order valence-corrected chi connectivity index (χ0v) is 9.57. The lowest BCUT2D eigenvalue weighted by atomic mass is 9.98. The maximum absolute atomic E-state index is 9.37. The normalized spacial score (nSPS) is 37.1. The van der Waals surface area contributed by atoms with Gasteiger partial charge in [0.05, 0.1) is 25.0 Å². The molecule has 2 heterocycles. The summed E-state index contributed by atoms with van der Waals surface area (Å²) in [6.07, 6.45) is 1.74. The highest BCUT2D eigenvalue weighted by Gasteiger charge is 2.70. The molecule has 0 spiro atoms. The minimum absolute atomic E-state index is 0.341. The summed E-state index contributed by atoms with van der Waals surface area (Å²) in [5.41, 5.74) is 0.490. The average Bonchev–Trinajstić information content (AvgIpc) is 2.64. The van der Waals surface area contributed by atoms with Crippen molar-refractivity contribution in [2.24, 2.45) is 11.8 Å². The fraction of sp³-hybridized carbons (Fsp3) is 0.455. The largest absolute Gasteiger partial charge is 0.381 e. The van der Waals surface area contributed by atoms with Crippen molar-refractivity contribution in [3.8, 4) is 6.07 Å². The zero-order chi connectivity index (χ0) is 10.5. The second-order valence-corrected chi connectivity index (χ2v) is 4.92. The topological polar surface area (TPSA) is 45.9 Å². The monoisotopic (exact) mass is 264 g/mol. The average molecular weight is 265 g/mol. The molecule has 76 valence electrons. The van der Waals surface area contributed by atoms with Gasteiger partial charge in [-0.15, -0.1) is 0 Å². The molecule has 0 bridgehead atoms. The van der Waals surface area contributed by atoms with Crippen LogP contribution in [0.25, 0.3) is 0 Å². The second-order valence-electron chi connectivity index (χ2n) is 4.07. The summed E-state index contributed by atoms with van der Waals surface area (Å²) in [6, 6.07) is 6.25. The highest BCUT2D eigenvalue weighted by atomic mass is 79.9. The molecule has 0 N–H and O–H groups in total. The van der Waals surface area contributed by atoms with Crippen molar-refractivity contribution in [2.75, 3.05) is 13.2 Å². The maximum atomic E-state index is 9.37. The molecule has 2 fully saturated rings. The molecule has 1 aromatic heterocycles. The summed E-state index contributed by atoms with van der Waals surface area (Å²) < 4.78 is 6.26. The molecule has 1 aliphatic heterocycles. The Labute approximate surface area is 96.2 Å². The fourth-order valence-electron chi connectivity index (χ4n) is 2.62. The molecule has 0 amide bonds. The Kier molecular flexibility index (Phi) is 1.88. The molecular weight excluding hydrogens is 256 g/mol. The minimum Gasteiger partial charge on any atom is -0.381 e. The van der Waals surface area contributed by atoms with E-state index in [9.17, 15) is 5.26 Å². The van der Waals surface area contributed by atoms with Crippen molar-refractivity contribution < 1.29 is 4.74 Å². The van der Waals surface area contributed by atoms with Crippen LogP contribution >= 0.6 is 15.9 Å². The van der Waals surface area contributed by atoms with E-state index in [1.54, 1.807) is 6.20 Å². The first-order valence-electron chi connectivity index (χ1n) is 4.90. The molecule has 1 aromatic rings. The van der Waals surface area contributed by atoms with Crippen LogP contribution in [0.2, 0.25) is 0 Å². The summed E-state index contributed by atoms with van der Waals surface area (Å²) in [6.45, 7) is 1.39. The van der Waals surface area contributed by atoms with Crippen molar-refractivity contribution in [2.45, 2.75) is 5.41 Å². The molecule has 1 unspecified atom stereocenters. The van der Waals surface area contributed by atoms with E-state index in [0.717, 1.165) is 10.2 Å². The first-order valence-corrected chi connectivity index (χ1v) is 5.70. The van der Waals surface area contributed by atoms with E-state index in [-0.39, 0.29) is 0 Å². The molecular formula is C11H9BrN2O. The van der Waals surface area contributed by atoms with Crippen molar-refractivity contribution in [1.29, 1.82) is 5.26 Å². The lowest BCUT2D eigenvalue weighted by Crippen LogP contribution is -2.18. The highest BCUT2D eigenvalue weighted by molar-refractivity contribution is 9.10. The number of hydrogen-bond donors (Lipinski definition) is 0. The van der Waals surface area contributed by atoms with Crippen LogP contribution in [0.3, 0.4) is 0 Å². The number of ether oxygens (including phenoxy) is 1. The van der Waals surface area contributed by atoms with E-state index in [4.69, 9.17) is 4.74 Å². The van der Waals surface area contributed by atoms with Gasteiger partial charge in [0.15, 0.2) is 0 Å². The lowest BCUT2D eigenvalue weighted by Gasteiger charge is -2.13. The molecule has 3 nitrogen and oxygen atoms in total. The number of hydrogen-bond acceptors (Lipinski definition) is 3. The van der Waals surface area contributed by atoms with Crippen LogP contribution in [-0.2, 0) is 10.2 Å². The second kappa shape index (κ2) is 3.03. The van der Waals surface area contributed by atoms with E-state index in [1.165, 1.54) is 0 Å². The number of aromatic nitrogens is 1. The molecule has 3 rings (SSSR count). The first kappa shape index (κ1) is 9.32. The van der Waals surface area contributed by atoms with Crippen LogP contribution < -0.4 is 0 Å². The van der Waals surface area contributed by atoms with Gasteiger partial charge in [0.25, 0.3) is 0 Å². The van der Waals surface area contributed by atoms with Crippen LogP contribution in [0.15, 0.2) is 22.8 Å². The number of halogens is 1. The van der Waals surface area contributed by atoms with Crippen molar-refractivity contribution in [3.05, 3.63) is 28.5 Å². The Balaban J connectivity index is 2.08. The Morgan fingerprint density at radius 2 is 2.27 bits per heavy atom. The molecule has 0 aromatic carbocycles. The van der Waals surface area contributed by atoms with E-state index in [2.05, 4.69) is 27.0 Å². The predicted octanol–water partition coefficient (Wildman–Crippen LogP) is 1.88. The van der Waals surface area contributed by atoms with Crippen molar-refractivity contribution in [1.82, 2.24) is 4.98 Å². The summed E-state index contributed by atoms with van der Waals surface area (Å²) in [7, 11) is 0. The third kappa shape index (κ3) is 1.05. The molecule has 15 heavy (non-hydrogen) atoms. The third-order valence-electron chi connectivity index (χ3n) is 3.48. The minimum atomic E-state index is -0.391. The zero-order valence-electron chi connectivity index (χ0n) is 7.98. The van der Waals surface area contributed by atoms with Gasteiger partial charge in [-0.05, 0) is 28.1 Å². The van der Waals surface area contributed by atoms with Gasteiger partial charge < -0.3 is 4.74 Å². The molecule has 2 aliphatic rings. The van der Waals surface area contributed by atoms with Crippen LogP contribution in [0, 0.1) is 23.2 Å². The predicted molar refractivity (Wildman–Crippen MR) is 57.0 cm³/mol. The Hall–Kier alpha value is -0.920. The Bertz CT molecular complexity index is 444. The van der Waals surface area contributed by atoms with E-state index >= 15 is 0 Å². The number of fused-ring (bicyclic) bond motifs is 1. The molecule has 1 saturated heterocycles. The number of nitrogens with zero attached hydrogens (tertiary/aromatic N) is 2. The van der Waals surface area contributed by atoms with E-state index < -0.39 is 5.41 Å². The Morgan fingerprint density at radius 1 is 1.53 bits per heavy atom. The number of pyridine rings is 1. The molecule has 1 aliphatic carbocycles. The lowest BCUT2D eigenvalue weighted by molar-refractivity contribution is 0.151. The van der Waals surface area contributed by atoms with E-state index in [1.807, 2.05) is 12.1 Å². The van der Waals surface area contributed by atoms with Gasteiger partial charge in [0.1, 0.15) is 5.41 Å². The quantitative estimate of drug-likeness (QED) is 0.778. The van der Waals surface area contributed by atoms with Crippen molar-refractivity contribution >= 4 is 15.9 Å². The standard InChI is InChI=1S/C11H9BrN2O/c12-9-2-1-3-14-10(9)11(6-13)7-4-15-5-8(7)11/h1-3,7-8H,4-5H2/t7-,8?,11+/m0/s1. The smallest absolute Gasteiger partial charge is 0.111 e. The van der Waals surface area contributed by atoms with Gasteiger partial charge in [0, 0.05) is 22.5 Å². The van der Waals surface area contributed by atoms with Crippen LogP contribution in [0.1, 0.15) is 5.69 Å². The van der Waals surface area contributed by atoms with Crippen molar-refractivity contribution in [3.63, 3.8) is 0 Å². The fourth-order valence-corrected chi connectivity index (χ4v) is 3.20. The van der Waals surface area contributed by atoms with Crippen LogP contribution in [0.4, 0.5) is 0 Å². The molecule has 4 heteroatoms. The first-order chi connectivity index (χ1) is 7.30. The Morgan fingerprint density at radius 3 is 2.87 bits per heavy atom. The third-order valence-corrected chi connectivity index (χ3v) is 4.12. The SMILES string of the molecule is N#C[C@]1(c2ncccc2Br)C2COC[C@@H]21. The van der Waals surface area contributed by atoms with E-state index in [0.29, 0.717) is 25.0 Å². The van der Waals surface area contributed by atoms with Gasteiger partial charge in [-0.1, -0.05) is 0 Å². The highest BCUT2D eigenvalue weighted by Crippen LogP contribution is 2.63. The maximum Gasteiger partial charge on any atom is 0.111 e. The summed E-state index contributed by atoms with van der Waals surface area (Å²) >= 11 is 3.47.